The van der Waals surface area contributed by atoms with E-state index in [1.807, 2.05) is 31.3 Å². The van der Waals surface area contributed by atoms with E-state index in [0.717, 1.165) is 23.4 Å². The fourth-order valence-electron chi connectivity index (χ4n) is 1.51. The lowest BCUT2D eigenvalue weighted by Crippen LogP contribution is -1.93. The highest BCUT2D eigenvalue weighted by Crippen LogP contribution is 2.12. The third-order valence-electron chi connectivity index (χ3n) is 2.42. The van der Waals surface area contributed by atoms with Crippen molar-refractivity contribution >= 4 is 5.69 Å². The molecular formula is C13H13FN2. The summed E-state index contributed by atoms with van der Waals surface area (Å²) in [7, 11) is 1.89. The Bertz CT molecular complexity index is 448. The molecule has 1 heterocycles. The summed E-state index contributed by atoms with van der Waals surface area (Å²) in [5.74, 6) is -0.297. The van der Waals surface area contributed by atoms with Crippen LogP contribution in [0.15, 0.2) is 42.6 Å². The lowest BCUT2D eigenvalue weighted by Gasteiger charge is -2.03. The summed E-state index contributed by atoms with van der Waals surface area (Å²) in [5, 5.41) is 3.06. The number of halogens is 1. The predicted molar refractivity (Wildman–Crippen MR) is 63.0 cm³/mol. The Balaban J connectivity index is 2.11. The minimum absolute atomic E-state index is 0.297. The molecule has 16 heavy (non-hydrogen) atoms. The van der Waals surface area contributed by atoms with Crippen LogP contribution in [0.3, 0.4) is 0 Å². The third kappa shape index (κ3) is 2.57. The molecular weight excluding hydrogens is 203 g/mol. The van der Waals surface area contributed by atoms with Gasteiger partial charge in [-0.25, -0.2) is 4.39 Å². The van der Waals surface area contributed by atoms with Gasteiger partial charge in [-0.15, -0.1) is 0 Å². The van der Waals surface area contributed by atoms with E-state index >= 15 is 0 Å². The van der Waals surface area contributed by atoms with E-state index < -0.39 is 0 Å². The molecule has 0 radical (unpaired) electrons. The van der Waals surface area contributed by atoms with E-state index in [-0.39, 0.29) is 5.82 Å². The average molecular weight is 216 g/mol. The first-order chi connectivity index (χ1) is 7.78. The first-order valence-electron chi connectivity index (χ1n) is 5.15. The smallest absolute Gasteiger partial charge is 0.141 e. The van der Waals surface area contributed by atoms with E-state index in [2.05, 4.69) is 10.3 Å². The molecule has 0 bridgehead atoms. The zero-order valence-electron chi connectivity index (χ0n) is 9.07. The van der Waals surface area contributed by atoms with Crippen LogP contribution in [0.25, 0.3) is 0 Å². The summed E-state index contributed by atoms with van der Waals surface area (Å²) in [6, 6.07) is 11.2. The largest absolute Gasteiger partial charge is 0.388 e. The second-order valence-corrected chi connectivity index (χ2v) is 3.59. The van der Waals surface area contributed by atoms with Gasteiger partial charge in [0.2, 0.25) is 0 Å². The molecule has 0 saturated carbocycles. The van der Waals surface area contributed by atoms with Crippen LogP contribution in [0.1, 0.15) is 11.3 Å². The molecule has 0 saturated heterocycles. The van der Waals surface area contributed by atoms with Crippen molar-refractivity contribution in [3.8, 4) is 0 Å². The number of hydrogen-bond acceptors (Lipinski definition) is 2. The molecule has 2 aromatic rings. The van der Waals surface area contributed by atoms with Crippen LogP contribution in [0, 0.1) is 5.82 Å². The quantitative estimate of drug-likeness (QED) is 0.853. The van der Waals surface area contributed by atoms with E-state index in [0.29, 0.717) is 0 Å². The zero-order valence-corrected chi connectivity index (χ0v) is 9.07. The van der Waals surface area contributed by atoms with Crippen LogP contribution in [-0.2, 0) is 6.42 Å². The molecule has 0 atom stereocenters. The van der Waals surface area contributed by atoms with Crippen molar-refractivity contribution in [3.63, 3.8) is 0 Å². The summed E-state index contributed by atoms with van der Waals surface area (Å²) in [5.41, 5.74) is 3.12. The minimum Gasteiger partial charge on any atom is -0.388 e. The Morgan fingerprint density at radius 1 is 1.12 bits per heavy atom. The van der Waals surface area contributed by atoms with Crippen molar-refractivity contribution in [1.29, 1.82) is 0 Å². The van der Waals surface area contributed by atoms with Gasteiger partial charge >= 0.3 is 0 Å². The average Bonchev–Trinajstić information content (AvgIpc) is 2.33. The monoisotopic (exact) mass is 216 g/mol. The Morgan fingerprint density at radius 3 is 2.44 bits per heavy atom. The van der Waals surface area contributed by atoms with Crippen molar-refractivity contribution < 1.29 is 4.39 Å². The van der Waals surface area contributed by atoms with E-state index in [1.54, 1.807) is 6.07 Å². The molecule has 1 aromatic heterocycles. The molecule has 0 spiro atoms. The van der Waals surface area contributed by atoms with Crippen molar-refractivity contribution in [2.24, 2.45) is 0 Å². The first-order valence-corrected chi connectivity index (χ1v) is 5.15. The maximum atomic E-state index is 12.7. The topological polar surface area (TPSA) is 24.9 Å². The van der Waals surface area contributed by atoms with Gasteiger partial charge in [-0.1, -0.05) is 12.1 Å². The Kier molecular flexibility index (Phi) is 3.15. The van der Waals surface area contributed by atoms with Crippen LogP contribution >= 0.6 is 0 Å². The van der Waals surface area contributed by atoms with Gasteiger partial charge in [0.25, 0.3) is 0 Å². The molecule has 2 nitrogen and oxygen atoms in total. The molecule has 0 unspecified atom stereocenters. The summed E-state index contributed by atoms with van der Waals surface area (Å²) in [6.45, 7) is 0. The highest BCUT2D eigenvalue weighted by Gasteiger charge is 1.98. The number of hydrogen-bond donors (Lipinski definition) is 1. The second kappa shape index (κ2) is 4.75. The first kappa shape index (κ1) is 10.6. The zero-order chi connectivity index (χ0) is 11.4. The molecule has 0 amide bonds. The van der Waals surface area contributed by atoms with E-state index in [9.17, 15) is 4.39 Å². The lowest BCUT2D eigenvalue weighted by atomic mass is 10.1. The lowest BCUT2D eigenvalue weighted by molar-refractivity contribution is 0.619. The fourth-order valence-corrected chi connectivity index (χ4v) is 1.51. The normalized spacial score (nSPS) is 10.1. The standard InChI is InChI=1S/C13H13FN2/c1-15-12-5-2-10(3-6-12)8-13-7-4-11(14)9-16-13/h2-7,9,15H,8H2,1H3. The third-order valence-corrected chi connectivity index (χ3v) is 2.42. The molecule has 0 fully saturated rings. The van der Waals surface area contributed by atoms with Crippen LogP contribution < -0.4 is 5.32 Å². The SMILES string of the molecule is CNc1ccc(Cc2ccc(F)cn2)cc1. The number of benzene rings is 1. The maximum absolute atomic E-state index is 12.7. The highest BCUT2D eigenvalue weighted by atomic mass is 19.1. The van der Waals surface area contributed by atoms with Crippen LogP contribution in [0.4, 0.5) is 10.1 Å². The van der Waals surface area contributed by atoms with E-state index in [1.165, 1.54) is 12.3 Å². The summed E-state index contributed by atoms with van der Waals surface area (Å²) in [4.78, 5) is 4.03. The second-order valence-electron chi connectivity index (χ2n) is 3.59. The van der Waals surface area contributed by atoms with Gasteiger partial charge in [0, 0.05) is 24.8 Å². The van der Waals surface area contributed by atoms with Gasteiger partial charge in [-0.05, 0) is 29.8 Å². The Hall–Kier alpha value is -1.90. The van der Waals surface area contributed by atoms with Gasteiger partial charge in [0.05, 0.1) is 6.20 Å². The fraction of sp³-hybridized carbons (Fsp3) is 0.154. The van der Waals surface area contributed by atoms with Crippen molar-refractivity contribution in [3.05, 3.63) is 59.7 Å². The van der Waals surface area contributed by atoms with Gasteiger partial charge in [0.15, 0.2) is 0 Å². The molecule has 0 aliphatic rings. The number of nitrogens with zero attached hydrogens (tertiary/aromatic N) is 1. The van der Waals surface area contributed by atoms with Crippen molar-refractivity contribution in [2.45, 2.75) is 6.42 Å². The van der Waals surface area contributed by atoms with Gasteiger partial charge < -0.3 is 5.32 Å². The Morgan fingerprint density at radius 2 is 1.88 bits per heavy atom. The predicted octanol–water partition coefficient (Wildman–Crippen LogP) is 2.85. The molecule has 82 valence electrons. The Labute approximate surface area is 94.2 Å². The molecule has 2 rings (SSSR count). The van der Waals surface area contributed by atoms with Crippen molar-refractivity contribution in [2.75, 3.05) is 12.4 Å². The van der Waals surface area contributed by atoms with Crippen molar-refractivity contribution in [1.82, 2.24) is 4.98 Å². The van der Waals surface area contributed by atoms with Gasteiger partial charge in [-0.2, -0.15) is 0 Å². The van der Waals surface area contributed by atoms with Crippen LogP contribution in [0.2, 0.25) is 0 Å². The van der Waals surface area contributed by atoms with Gasteiger partial charge in [-0.3, -0.25) is 4.98 Å². The highest BCUT2D eigenvalue weighted by molar-refractivity contribution is 5.44. The maximum Gasteiger partial charge on any atom is 0.141 e. The number of rotatable bonds is 3. The number of pyridine rings is 1. The number of nitrogens with one attached hydrogen (secondary N) is 1. The molecule has 1 aromatic carbocycles. The molecule has 1 N–H and O–H groups in total. The minimum atomic E-state index is -0.297. The summed E-state index contributed by atoms with van der Waals surface area (Å²) < 4.78 is 12.7. The molecule has 0 aliphatic heterocycles. The van der Waals surface area contributed by atoms with Crippen LogP contribution in [-0.4, -0.2) is 12.0 Å². The number of anilines is 1. The summed E-state index contributed by atoms with van der Waals surface area (Å²) in [6.07, 6.45) is 1.97. The van der Waals surface area contributed by atoms with E-state index in [4.69, 9.17) is 0 Å². The number of aromatic nitrogens is 1. The van der Waals surface area contributed by atoms with Gasteiger partial charge in [0.1, 0.15) is 5.82 Å². The summed E-state index contributed by atoms with van der Waals surface area (Å²) >= 11 is 0. The molecule has 0 aliphatic carbocycles. The molecule has 3 heteroatoms. The van der Waals surface area contributed by atoms with Crippen LogP contribution in [0.5, 0.6) is 0 Å².